The topological polar surface area (TPSA) is 67.4 Å². The molecule has 29 heavy (non-hydrogen) atoms. The standard InChI is InChI=1S/C22H34N2O3SSi/c1-22(2,3)29(4,5)27-13-15-6-8-16(9-7-15)21(26)23-17-10-11-19-18(12-17)24-20(25)14-28-19/h10-12,15-16H,6-9,13-14H2,1-5H3,(H,23,26)(H,24,25)/t15-,16-. The maximum absolute atomic E-state index is 12.7. The van der Waals surface area contributed by atoms with Crippen LogP contribution in [0.25, 0.3) is 0 Å². The number of hydrogen-bond donors (Lipinski definition) is 2. The lowest BCUT2D eigenvalue weighted by molar-refractivity contribution is -0.121. The zero-order valence-electron chi connectivity index (χ0n) is 18.3. The summed E-state index contributed by atoms with van der Waals surface area (Å²) < 4.78 is 6.39. The molecular weight excluding hydrogens is 400 g/mol. The van der Waals surface area contributed by atoms with Gasteiger partial charge in [0.25, 0.3) is 0 Å². The van der Waals surface area contributed by atoms with E-state index in [0.717, 1.165) is 48.6 Å². The first kappa shape index (κ1) is 22.4. The average Bonchev–Trinajstić information content (AvgIpc) is 2.65. The molecular formula is C22H34N2O3SSi. The van der Waals surface area contributed by atoms with Crippen LogP contribution in [0, 0.1) is 11.8 Å². The largest absolute Gasteiger partial charge is 0.417 e. The van der Waals surface area contributed by atoms with Crippen LogP contribution in [-0.4, -0.2) is 32.5 Å². The number of anilines is 2. The zero-order chi connectivity index (χ0) is 21.2. The molecule has 1 saturated carbocycles. The number of nitrogens with one attached hydrogen (secondary N) is 2. The van der Waals surface area contributed by atoms with Gasteiger partial charge in [-0.1, -0.05) is 20.8 Å². The minimum Gasteiger partial charge on any atom is -0.417 e. The second-order valence-electron chi connectivity index (χ2n) is 9.83. The van der Waals surface area contributed by atoms with Gasteiger partial charge in [-0.3, -0.25) is 9.59 Å². The van der Waals surface area contributed by atoms with Crippen molar-refractivity contribution in [2.45, 2.75) is 69.5 Å². The lowest BCUT2D eigenvalue weighted by Gasteiger charge is -2.38. The smallest absolute Gasteiger partial charge is 0.234 e. The Kier molecular flexibility index (Phi) is 6.80. The van der Waals surface area contributed by atoms with E-state index in [0.29, 0.717) is 11.7 Å². The molecule has 160 valence electrons. The molecule has 1 heterocycles. The summed E-state index contributed by atoms with van der Waals surface area (Å²) in [6, 6.07) is 5.74. The van der Waals surface area contributed by atoms with Crippen LogP contribution in [0.4, 0.5) is 11.4 Å². The van der Waals surface area contributed by atoms with Crippen LogP contribution in [-0.2, 0) is 14.0 Å². The zero-order valence-corrected chi connectivity index (χ0v) is 20.1. The third kappa shape index (κ3) is 5.64. The van der Waals surface area contributed by atoms with Gasteiger partial charge in [-0.2, -0.15) is 0 Å². The van der Waals surface area contributed by atoms with E-state index in [-0.39, 0.29) is 22.8 Å². The second-order valence-corrected chi connectivity index (χ2v) is 15.7. The predicted molar refractivity (Wildman–Crippen MR) is 123 cm³/mol. The third-order valence-electron chi connectivity index (χ3n) is 6.58. The first-order chi connectivity index (χ1) is 13.5. The average molecular weight is 435 g/mol. The Morgan fingerprint density at radius 3 is 2.59 bits per heavy atom. The van der Waals surface area contributed by atoms with Gasteiger partial charge in [0.15, 0.2) is 8.32 Å². The van der Waals surface area contributed by atoms with E-state index in [1.807, 2.05) is 18.2 Å². The summed E-state index contributed by atoms with van der Waals surface area (Å²) in [5, 5.41) is 6.15. The van der Waals surface area contributed by atoms with Crippen molar-refractivity contribution in [3.8, 4) is 0 Å². The number of fused-ring (bicyclic) bond motifs is 1. The quantitative estimate of drug-likeness (QED) is 0.601. The molecule has 7 heteroatoms. The maximum atomic E-state index is 12.7. The summed E-state index contributed by atoms with van der Waals surface area (Å²) >= 11 is 1.53. The maximum Gasteiger partial charge on any atom is 0.234 e. The van der Waals surface area contributed by atoms with Crippen molar-refractivity contribution in [2.75, 3.05) is 23.0 Å². The van der Waals surface area contributed by atoms with Crippen molar-refractivity contribution in [3.63, 3.8) is 0 Å². The third-order valence-corrected chi connectivity index (χ3v) is 12.2. The molecule has 0 atom stereocenters. The van der Waals surface area contributed by atoms with E-state index >= 15 is 0 Å². The molecule has 2 aliphatic rings. The molecule has 1 aliphatic carbocycles. The fraction of sp³-hybridized carbons (Fsp3) is 0.636. The van der Waals surface area contributed by atoms with Gasteiger partial charge in [0.1, 0.15) is 0 Å². The van der Waals surface area contributed by atoms with Gasteiger partial charge >= 0.3 is 0 Å². The molecule has 2 amide bonds. The van der Waals surface area contributed by atoms with Crippen molar-refractivity contribution >= 4 is 43.3 Å². The molecule has 1 aliphatic heterocycles. The summed E-state index contributed by atoms with van der Waals surface area (Å²) in [5.74, 6) is 1.15. The van der Waals surface area contributed by atoms with Crippen LogP contribution in [0.2, 0.25) is 18.1 Å². The highest BCUT2D eigenvalue weighted by Crippen LogP contribution is 2.38. The summed E-state index contributed by atoms with van der Waals surface area (Å²) in [7, 11) is -1.71. The number of hydrogen-bond acceptors (Lipinski definition) is 4. The van der Waals surface area contributed by atoms with E-state index in [1.165, 1.54) is 11.8 Å². The van der Waals surface area contributed by atoms with Crippen LogP contribution in [0.1, 0.15) is 46.5 Å². The Morgan fingerprint density at radius 2 is 1.93 bits per heavy atom. The molecule has 1 aromatic carbocycles. The van der Waals surface area contributed by atoms with Crippen molar-refractivity contribution in [1.82, 2.24) is 0 Å². The molecule has 0 bridgehead atoms. The van der Waals surface area contributed by atoms with Gasteiger partial charge < -0.3 is 15.1 Å². The molecule has 0 unspecified atom stereocenters. The molecule has 0 saturated heterocycles. The minimum absolute atomic E-state index is 0.00390. The van der Waals surface area contributed by atoms with Crippen LogP contribution in [0.15, 0.2) is 23.1 Å². The van der Waals surface area contributed by atoms with Crippen molar-refractivity contribution in [3.05, 3.63) is 18.2 Å². The van der Waals surface area contributed by atoms with E-state index in [9.17, 15) is 9.59 Å². The van der Waals surface area contributed by atoms with Crippen molar-refractivity contribution in [2.24, 2.45) is 11.8 Å². The number of amides is 2. The van der Waals surface area contributed by atoms with Gasteiger partial charge in [0.2, 0.25) is 11.8 Å². The summed E-state index contributed by atoms with van der Waals surface area (Å²) in [6.07, 6.45) is 3.91. The van der Waals surface area contributed by atoms with Gasteiger partial charge in [-0.25, -0.2) is 0 Å². The fourth-order valence-electron chi connectivity index (χ4n) is 3.54. The lowest BCUT2D eigenvalue weighted by Crippen LogP contribution is -2.42. The van der Waals surface area contributed by atoms with E-state index in [1.54, 1.807) is 0 Å². The Hall–Kier alpha value is -1.31. The monoisotopic (exact) mass is 434 g/mol. The van der Waals surface area contributed by atoms with Crippen molar-refractivity contribution in [1.29, 1.82) is 0 Å². The van der Waals surface area contributed by atoms with Gasteiger partial charge in [-0.05, 0) is 67.9 Å². The Bertz CT molecular complexity index is 768. The SMILES string of the molecule is CC(C)(C)[Si](C)(C)OC[C@H]1CC[C@H](C(=O)Nc2ccc3c(c2)NC(=O)CS3)CC1. The highest BCUT2D eigenvalue weighted by Gasteiger charge is 2.38. The van der Waals surface area contributed by atoms with Crippen LogP contribution < -0.4 is 10.6 Å². The van der Waals surface area contributed by atoms with E-state index < -0.39 is 8.32 Å². The highest BCUT2D eigenvalue weighted by atomic mass is 32.2. The lowest BCUT2D eigenvalue weighted by atomic mass is 9.82. The molecule has 0 aromatic heterocycles. The Labute approximate surface area is 179 Å². The first-order valence-electron chi connectivity index (χ1n) is 10.6. The minimum atomic E-state index is -1.71. The van der Waals surface area contributed by atoms with E-state index in [2.05, 4.69) is 44.5 Å². The number of rotatable bonds is 5. The number of benzene rings is 1. The van der Waals surface area contributed by atoms with Crippen LogP contribution in [0.5, 0.6) is 0 Å². The number of carbonyl (C=O) groups is 2. The Balaban J connectivity index is 1.48. The number of thioether (sulfide) groups is 1. The van der Waals surface area contributed by atoms with E-state index in [4.69, 9.17) is 4.43 Å². The summed E-state index contributed by atoms with van der Waals surface area (Å²) in [6.45, 7) is 12.2. The summed E-state index contributed by atoms with van der Waals surface area (Å²) in [5.41, 5.74) is 1.54. The molecule has 2 N–H and O–H groups in total. The first-order valence-corrected chi connectivity index (χ1v) is 14.5. The highest BCUT2D eigenvalue weighted by molar-refractivity contribution is 8.00. The molecule has 1 aromatic rings. The Morgan fingerprint density at radius 1 is 1.24 bits per heavy atom. The molecule has 3 rings (SSSR count). The van der Waals surface area contributed by atoms with Gasteiger partial charge in [0, 0.05) is 23.1 Å². The molecule has 5 nitrogen and oxygen atoms in total. The molecule has 0 radical (unpaired) electrons. The van der Waals surface area contributed by atoms with Gasteiger partial charge in [0.05, 0.1) is 11.4 Å². The predicted octanol–water partition coefficient (Wildman–Crippen LogP) is 5.50. The number of carbonyl (C=O) groups excluding carboxylic acids is 2. The molecule has 1 fully saturated rings. The van der Waals surface area contributed by atoms with Crippen molar-refractivity contribution < 1.29 is 14.0 Å². The van der Waals surface area contributed by atoms with Gasteiger partial charge in [-0.15, -0.1) is 11.8 Å². The van der Waals surface area contributed by atoms with Crippen LogP contribution >= 0.6 is 11.8 Å². The van der Waals surface area contributed by atoms with Crippen LogP contribution in [0.3, 0.4) is 0 Å². The normalized spacial score (nSPS) is 22.6. The fourth-order valence-corrected chi connectivity index (χ4v) is 5.41. The summed E-state index contributed by atoms with van der Waals surface area (Å²) in [4.78, 5) is 25.4. The second kappa shape index (κ2) is 8.82. The molecule has 0 spiro atoms.